The van der Waals surface area contributed by atoms with E-state index in [-0.39, 0.29) is 24.3 Å². The van der Waals surface area contributed by atoms with E-state index in [1.54, 1.807) is 22.4 Å². The van der Waals surface area contributed by atoms with Crippen LogP contribution in [0.5, 0.6) is 0 Å². The van der Waals surface area contributed by atoms with Gasteiger partial charge in [-0.25, -0.2) is 4.98 Å². The number of piperazine rings is 1. The second-order valence-electron chi connectivity index (χ2n) is 4.79. The maximum Gasteiger partial charge on any atom is 0.243 e. The number of aromatic nitrogens is 1. The van der Waals surface area contributed by atoms with E-state index in [4.69, 9.17) is 0 Å². The number of carbonyl (C=O) groups is 2. The Morgan fingerprint density at radius 2 is 2.28 bits per heavy atom. The fraction of sp³-hybridized carbons (Fsp3) is 0.583. The van der Waals surface area contributed by atoms with E-state index in [0.29, 0.717) is 6.54 Å². The maximum absolute atomic E-state index is 12.0. The normalized spacial score (nSPS) is 20.4. The van der Waals surface area contributed by atoms with Gasteiger partial charge in [0.05, 0.1) is 13.1 Å². The van der Waals surface area contributed by atoms with Crippen molar-refractivity contribution in [2.75, 3.05) is 6.54 Å². The molecule has 1 saturated heterocycles. The monoisotopic (exact) mass is 267 g/mol. The van der Waals surface area contributed by atoms with E-state index in [1.807, 2.05) is 20.8 Å². The Labute approximate surface area is 110 Å². The van der Waals surface area contributed by atoms with Crippen LogP contribution < -0.4 is 5.32 Å². The molecule has 5 nitrogen and oxygen atoms in total. The summed E-state index contributed by atoms with van der Waals surface area (Å²) in [4.78, 5) is 30.8. The summed E-state index contributed by atoms with van der Waals surface area (Å²) in [5.41, 5.74) is 0. The first kappa shape index (κ1) is 13.0. The fourth-order valence-corrected chi connectivity index (χ4v) is 2.92. The van der Waals surface area contributed by atoms with Gasteiger partial charge in [-0.2, -0.15) is 0 Å². The second-order valence-corrected chi connectivity index (χ2v) is 6.11. The minimum Gasteiger partial charge on any atom is -0.345 e. The molecule has 1 aromatic heterocycles. The Kier molecular flexibility index (Phi) is 3.65. The van der Waals surface area contributed by atoms with Crippen LogP contribution in [0.25, 0.3) is 0 Å². The lowest BCUT2D eigenvalue weighted by atomic mass is 9.99. The van der Waals surface area contributed by atoms with Crippen molar-refractivity contribution in [1.82, 2.24) is 15.2 Å². The molecule has 1 atom stereocenters. The predicted octanol–water partition coefficient (Wildman–Crippen LogP) is 0.935. The van der Waals surface area contributed by atoms with Crippen LogP contribution in [-0.2, 0) is 16.1 Å². The van der Waals surface area contributed by atoms with E-state index in [1.165, 1.54) is 0 Å². The zero-order valence-corrected chi connectivity index (χ0v) is 11.6. The Hall–Kier alpha value is -1.43. The predicted molar refractivity (Wildman–Crippen MR) is 69.0 cm³/mol. The highest BCUT2D eigenvalue weighted by Gasteiger charge is 2.36. The molecule has 2 amide bonds. The number of aryl methyl sites for hydroxylation is 1. The van der Waals surface area contributed by atoms with Gasteiger partial charge in [0, 0.05) is 11.1 Å². The molecule has 1 aliphatic heterocycles. The molecule has 0 saturated carbocycles. The summed E-state index contributed by atoms with van der Waals surface area (Å²) in [6.45, 7) is 6.39. The average Bonchev–Trinajstić information content (AvgIpc) is 2.69. The van der Waals surface area contributed by atoms with Crippen molar-refractivity contribution in [3.63, 3.8) is 0 Å². The largest absolute Gasteiger partial charge is 0.345 e. The van der Waals surface area contributed by atoms with E-state index >= 15 is 0 Å². The first-order valence-corrected chi connectivity index (χ1v) is 6.79. The molecular formula is C12H17N3O2S. The van der Waals surface area contributed by atoms with E-state index in [2.05, 4.69) is 10.3 Å². The van der Waals surface area contributed by atoms with Crippen LogP contribution in [0.4, 0.5) is 0 Å². The summed E-state index contributed by atoms with van der Waals surface area (Å²) in [6, 6.07) is -0.393. The Morgan fingerprint density at radius 3 is 2.83 bits per heavy atom. The number of carbonyl (C=O) groups excluding carboxylic acids is 2. The first-order chi connectivity index (χ1) is 8.49. The van der Waals surface area contributed by atoms with Crippen molar-refractivity contribution >= 4 is 23.2 Å². The van der Waals surface area contributed by atoms with E-state index in [9.17, 15) is 9.59 Å². The van der Waals surface area contributed by atoms with Gasteiger partial charge in [0.1, 0.15) is 11.0 Å². The minimum atomic E-state index is -0.393. The number of thiazole rings is 1. The van der Waals surface area contributed by atoms with Crippen molar-refractivity contribution in [3.8, 4) is 0 Å². The zero-order chi connectivity index (χ0) is 13.3. The number of rotatable bonds is 3. The second kappa shape index (κ2) is 5.06. The topological polar surface area (TPSA) is 62.3 Å². The molecule has 2 heterocycles. The Bertz CT molecular complexity index is 470. The molecule has 1 unspecified atom stereocenters. The number of hydrogen-bond acceptors (Lipinski definition) is 4. The van der Waals surface area contributed by atoms with Gasteiger partial charge in [-0.05, 0) is 12.8 Å². The Morgan fingerprint density at radius 1 is 1.56 bits per heavy atom. The van der Waals surface area contributed by atoms with Gasteiger partial charge < -0.3 is 10.2 Å². The highest BCUT2D eigenvalue weighted by molar-refractivity contribution is 7.11. The Balaban J connectivity index is 2.20. The zero-order valence-electron chi connectivity index (χ0n) is 10.8. The summed E-state index contributed by atoms with van der Waals surface area (Å²) >= 11 is 1.56. The number of amides is 2. The molecule has 1 fully saturated rings. The van der Waals surface area contributed by atoms with Crippen LogP contribution in [0.15, 0.2) is 6.20 Å². The lowest BCUT2D eigenvalue weighted by Gasteiger charge is -2.36. The fourth-order valence-electron chi connectivity index (χ4n) is 2.13. The van der Waals surface area contributed by atoms with Crippen molar-refractivity contribution < 1.29 is 9.59 Å². The molecule has 0 radical (unpaired) electrons. The molecule has 18 heavy (non-hydrogen) atoms. The lowest BCUT2D eigenvalue weighted by Crippen LogP contribution is -2.59. The van der Waals surface area contributed by atoms with Crippen LogP contribution in [0.1, 0.15) is 23.7 Å². The van der Waals surface area contributed by atoms with Gasteiger partial charge in [0.25, 0.3) is 0 Å². The van der Waals surface area contributed by atoms with Gasteiger partial charge in [-0.15, -0.1) is 11.3 Å². The summed E-state index contributed by atoms with van der Waals surface area (Å²) in [6.07, 6.45) is 1.79. The molecule has 0 aromatic carbocycles. The first-order valence-electron chi connectivity index (χ1n) is 5.97. The summed E-state index contributed by atoms with van der Waals surface area (Å²) in [5.74, 6) is -0.0191. The molecule has 98 valence electrons. The van der Waals surface area contributed by atoms with E-state index in [0.717, 1.165) is 9.88 Å². The maximum atomic E-state index is 12.0. The molecule has 0 aliphatic carbocycles. The van der Waals surface area contributed by atoms with Crippen LogP contribution in [0.2, 0.25) is 0 Å². The van der Waals surface area contributed by atoms with Crippen molar-refractivity contribution in [2.24, 2.45) is 5.92 Å². The average molecular weight is 267 g/mol. The van der Waals surface area contributed by atoms with Crippen LogP contribution in [0, 0.1) is 12.8 Å². The van der Waals surface area contributed by atoms with Gasteiger partial charge in [0.15, 0.2) is 0 Å². The van der Waals surface area contributed by atoms with Crippen molar-refractivity contribution in [1.29, 1.82) is 0 Å². The number of nitrogens with zero attached hydrogens (tertiary/aromatic N) is 2. The van der Waals surface area contributed by atoms with Gasteiger partial charge >= 0.3 is 0 Å². The van der Waals surface area contributed by atoms with Gasteiger partial charge in [-0.3, -0.25) is 9.59 Å². The lowest BCUT2D eigenvalue weighted by molar-refractivity contribution is -0.148. The SMILES string of the molecule is Cc1cnc(CN2C(=O)CNC(=O)C2C(C)C)s1. The van der Waals surface area contributed by atoms with Crippen LogP contribution in [-0.4, -0.2) is 34.3 Å². The van der Waals surface area contributed by atoms with E-state index < -0.39 is 6.04 Å². The molecule has 1 aliphatic rings. The summed E-state index contributed by atoms with van der Waals surface area (Å²) in [5, 5.41) is 3.51. The third-order valence-corrected chi connectivity index (χ3v) is 3.84. The molecule has 0 spiro atoms. The molecular weight excluding hydrogens is 250 g/mol. The summed E-state index contributed by atoms with van der Waals surface area (Å²) < 4.78 is 0. The van der Waals surface area contributed by atoms with Crippen LogP contribution in [0.3, 0.4) is 0 Å². The standard InChI is InChI=1S/C12H17N3O2S/c1-7(2)11-12(17)14-5-10(16)15(11)6-9-13-4-8(3)18-9/h4,7,11H,5-6H2,1-3H3,(H,14,17). The quantitative estimate of drug-likeness (QED) is 0.886. The smallest absolute Gasteiger partial charge is 0.243 e. The van der Waals surface area contributed by atoms with Gasteiger partial charge in [-0.1, -0.05) is 13.8 Å². The highest BCUT2D eigenvalue weighted by Crippen LogP contribution is 2.20. The van der Waals surface area contributed by atoms with Crippen molar-refractivity contribution in [2.45, 2.75) is 33.4 Å². The molecule has 1 N–H and O–H groups in total. The van der Waals surface area contributed by atoms with Gasteiger partial charge in [0.2, 0.25) is 11.8 Å². The third-order valence-electron chi connectivity index (χ3n) is 2.94. The molecule has 6 heteroatoms. The highest BCUT2D eigenvalue weighted by atomic mass is 32.1. The number of nitrogens with one attached hydrogen (secondary N) is 1. The third kappa shape index (κ3) is 2.53. The molecule has 0 bridgehead atoms. The minimum absolute atomic E-state index is 0.0406. The summed E-state index contributed by atoms with van der Waals surface area (Å²) in [7, 11) is 0. The molecule has 1 aromatic rings. The molecule has 2 rings (SSSR count). The van der Waals surface area contributed by atoms with Crippen molar-refractivity contribution in [3.05, 3.63) is 16.1 Å². The number of hydrogen-bond donors (Lipinski definition) is 1. The van der Waals surface area contributed by atoms with Crippen LogP contribution >= 0.6 is 11.3 Å².